The van der Waals surface area contributed by atoms with Crippen LogP contribution in [0.3, 0.4) is 0 Å². The van der Waals surface area contributed by atoms with Gasteiger partial charge in [-0.25, -0.2) is 0 Å². The average Bonchev–Trinajstić information content (AvgIpc) is 2.84. The molecule has 0 bridgehead atoms. The number of fused-ring (bicyclic) bond motifs is 5. The van der Waals surface area contributed by atoms with Gasteiger partial charge in [-0.15, -0.1) is 0 Å². The summed E-state index contributed by atoms with van der Waals surface area (Å²) in [5, 5.41) is 9.46. The maximum absolute atomic E-state index is 11.8. The molecule has 3 fully saturated rings. The number of rotatable bonds is 2. The van der Waals surface area contributed by atoms with Crippen LogP contribution < -0.4 is 0 Å². The second-order valence-corrected chi connectivity index (χ2v) is 9.19. The third kappa shape index (κ3) is 2.35. The summed E-state index contributed by atoms with van der Waals surface area (Å²) in [4.78, 5) is 11.8. The second-order valence-electron chi connectivity index (χ2n) is 9.19. The highest BCUT2D eigenvalue weighted by Crippen LogP contribution is 2.65. The van der Waals surface area contributed by atoms with E-state index in [1.807, 2.05) is 6.08 Å². The van der Waals surface area contributed by atoms with Crippen LogP contribution in [0.1, 0.15) is 65.2 Å². The largest absolute Gasteiger partial charge is 0.396 e. The summed E-state index contributed by atoms with van der Waals surface area (Å²) in [6, 6.07) is 0. The molecule has 4 rings (SSSR count). The summed E-state index contributed by atoms with van der Waals surface area (Å²) < 4.78 is 0. The van der Waals surface area contributed by atoms with Crippen molar-refractivity contribution in [3.63, 3.8) is 0 Å². The zero-order valence-corrected chi connectivity index (χ0v) is 14.8. The normalized spacial score (nSPS) is 49.2. The minimum atomic E-state index is 0.355. The number of ketones is 1. The van der Waals surface area contributed by atoms with E-state index in [-0.39, 0.29) is 0 Å². The van der Waals surface area contributed by atoms with E-state index < -0.39 is 0 Å². The number of carbonyl (C=O) groups is 1. The first-order valence-corrected chi connectivity index (χ1v) is 9.88. The number of aliphatic hydroxyl groups excluding tert-OH is 1. The van der Waals surface area contributed by atoms with Gasteiger partial charge in [-0.05, 0) is 91.9 Å². The molecule has 5 unspecified atom stereocenters. The van der Waals surface area contributed by atoms with Crippen molar-refractivity contribution in [3.05, 3.63) is 11.6 Å². The summed E-state index contributed by atoms with van der Waals surface area (Å²) >= 11 is 0. The second kappa shape index (κ2) is 5.72. The number of carbonyl (C=O) groups excluding carboxylic acids is 1. The first-order valence-electron chi connectivity index (χ1n) is 9.88. The van der Waals surface area contributed by atoms with E-state index in [1.165, 1.54) is 31.3 Å². The van der Waals surface area contributed by atoms with E-state index in [4.69, 9.17) is 0 Å². The molecular formula is C21H32O2. The topological polar surface area (TPSA) is 37.3 Å². The van der Waals surface area contributed by atoms with E-state index in [2.05, 4.69) is 13.8 Å². The van der Waals surface area contributed by atoms with Crippen molar-refractivity contribution < 1.29 is 9.90 Å². The van der Waals surface area contributed by atoms with E-state index in [0.717, 1.165) is 55.3 Å². The molecule has 128 valence electrons. The monoisotopic (exact) mass is 316 g/mol. The van der Waals surface area contributed by atoms with Crippen LogP contribution >= 0.6 is 0 Å². The Balaban J connectivity index is 1.63. The molecule has 0 aromatic carbocycles. The van der Waals surface area contributed by atoms with Crippen LogP contribution in [0.4, 0.5) is 0 Å². The fourth-order valence-electron chi connectivity index (χ4n) is 7.33. The molecule has 0 aliphatic heterocycles. The minimum absolute atomic E-state index is 0.355. The van der Waals surface area contributed by atoms with Crippen molar-refractivity contribution in [2.75, 3.05) is 6.61 Å². The van der Waals surface area contributed by atoms with Crippen LogP contribution in [-0.2, 0) is 4.79 Å². The van der Waals surface area contributed by atoms with Gasteiger partial charge in [0.05, 0.1) is 0 Å². The number of hydrogen-bond acceptors (Lipinski definition) is 2. The molecule has 4 aliphatic carbocycles. The Hall–Kier alpha value is -0.630. The highest BCUT2D eigenvalue weighted by molar-refractivity contribution is 5.91. The minimum Gasteiger partial charge on any atom is -0.396 e. The summed E-state index contributed by atoms with van der Waals surface area (Å²) in [6.07, 6.45) is 11.5. The molecule has 3 saturated carbocycles. The highest BCUT2D eigenvalue weighted by Gasteiger charge is 2.57. The molecule has 0 spiro atoms. The van der Waals surface area contributed by atoms with Crippen molar-refractivity contribution in [2.24, 2.45) is 40.9 Å². The SMILES string of the molecule is CC1CC2=CC(=O)CCC2C2CC[C@@]3(C)C(CC[C@@H]3CCO)C12. The van der Waals surface area contributed by atoms with Crippen molar-refractivity contribution in [1.29, 1.82) is 0 Å². The van der Waals surface area contributed by atoms with Gasteiger partial charge in [0.25, 0.3) is 0 Å². The van der Waals surface area contributed by atoms with Gasteiger partial charge in [0.15, 0.2) is 5.78 Å². The molecule has 7 atom stereocenters. The lowest BCUT2D eigenvalue weighted by molar-refractivity contribution is -0.116. The van der Waals surface area contributed by atoms with Gasteiger partial charge in [-0.2, -0.15) is 0 Å². The fourth-order valence-corrected chi connectivity index (χ4v) is 7.33. The summed E-state index contributed by atoms with van der Waals surface area (Å²) in [5.41, 5.74) is 1.95. The Morgan fingerprint density at radius 3 is 2.87 bits per heavy atom. The van der Waals surface area contributed by atoms with E-state index in [0.29, 0.717) is 23.7 Å². The molecule has 2 heteroatoms. The lowest BCUT2D eigenvalue weighted by atomic mass is 9.49. The average molecular weight is 316 g/mol. The smallest absolute Gasteiger partial charge is 0.155 e. The molecule has 0 radical (unpaired) electrons. The number of hydrogen-bond donors (Lipinski definition) is 1. The molecule has 0 aromatic heterocycles. The Morgan fingerprint density at radius 1 is 1.26 bits per heavy atom. The van der Waals surface area contributed by atoms with Crippen molar-refractivity contribution in [1.82, 2.24) is 0 Å². The lowest BCUT2D eigenvalue weighted by Gasteiger charge is -2.56. The maximum Gasteiger partial charge on any atom is 0.155 e. The molecule has 0 amide bonds. The van der Waals surface area contributed by atoms with Crippen LogP contribution in [0.2, 0.25) is 0 Å². The third-order valence-corrected chi connectivity index (χ3v) is 8.31. The van der Waals surface area contributed by atoms with Gasteiger partial charge < -0.3 is 5.11 Å². The van der Waals surface area contributed by atoms with Gasteiger partial charge >= 0.3 is 0 Å². The van der Waals surface area contributed by atoms with E-state index in [1.54, 1.807) is 0 Å². The Bertz CT molecular complexity index is 522. The summed E-state index contributed by atoms with van der Waals surface area (Å²) in [5.74, 6) is 5.06. The lowest BCUT2D eigenvalue weighted by Crippen LogP contribution is -2.49. The van der Waals surface area contributed by atoms with Crippen LogP contribution in [0.15, 0.2) is 11.6 Å². The van der Waals surface area contributed by atoms with Gasteiger partial charge in [-0.1, -0.05) is 19.4 Å². The molecule has 0 saturated heterocycles. The van der Waals surface area contributed by atoms with Crippen molar-refractivity contribution >= 4 is 5.78 Å². The standard InChI is InChI=1S/C21H32O2/c1-13-11-14-12-16(23)4-5-17(14)18-7-9-21(2)15(8-10-22)3-6-19(21)20(13)18/h12-13,15,17-20,22H,3-11H2,1-2H3/t13?,15-,17?,18?,19?,20?,21-/m1/s1. The van der Waals surface area contributed by atoms with Gasteiger partial charge in [-0.3, -0.25) is 4.79 Å². The third-order valence-electron chi connectivity index (χ3n) is 8.31. The predicted octanol–water partition coefficient (Wildman–Crippen LogP) is 4.37. The van der Waals surface area contributed by atoms with Crippen molar-refractivity contribution in [2.45, 2.75) is 65.2 Å². The van der Waals surface area contributed by atoms with Crippen LogP contribution in [-0.4, -0.2) is 17.5 Å². The Kier molecular flexibility index (Phi) is 3.95. The maximum atomic E-state index is 11.8. The molecule has 0 heterocycles. The predicted molar refractivity (Wildman–Crippen MR) is 91.8 cm³/mol. The summed E-state index contributed by atoms with van der Waals surface area (Å²) in [7, 11) is 0. The number of aliphatic hydroxyl groups is 1. The zero-order chi connectivity index (χ0) is 16.2. The molecule has 2 nitrogen and oxygen atoms in total. The summed E-state index contributed by atoms with van der Waals surface area (Å²) in [6.45, 7) is 5.33. The molecule has 1 N–H and O–H groups in total. The molecule has 0 aromatic rings. The van der Waals surface area contributed by atoms with Gasteiger partial charge in [0.2, 0.25) is 0 Å². The molecule has 23 heavy (non-hydrogen) atoms. The van der Waals surface area contributed by atoms with Crippen LogP contribution in [0.5, 0.6) is 0 Å². The van der Waals surface area contributed by atoms with Gasteiger partial charge in [0.1, 0.15) is 0 Å². The molecule has 4 aliphatic rings. The van der Waals surface area contributed by atoms with E-state index >= 15 is 0 Å². The first-order chi connectivity index (χ1) is 11.0. The van der Waals surface area contributed by atoms with Gasteiger partial charge in [0, 0.05) is 13.0 Å². The zero-order valence-electron chi connectivity index (χ0n) is 14.8. The fraction of sp³-hybridized carbons (Fsp3) is 0.857. The Labute approximate surface area is 140 Å². The van der Waals surface area contributed by atoms with Crippen molar-refractivity contribution in [3.8, 4) is 0 Å². The number of allylic oxidation sites excluding steroid dienone is 1. The Morgan fingerprint density at radius 2 is 2.09 bits per heavy atom. The first kappa shape index (κ1) is 15.9. The highest BCUT2D eigenvalue weighted by atomic mass is 16.3. The molecular weight excluding hydrogens is 284 g/mol. The van der Waals surface area contributed by atoms with Crippen LogP contribution in [0, 0.1) is 40.9 Å². The van der Waals surface area contributed by atoms with Crippen LogP contribution in [0.25, 0.3) is 0 Å². The van der Waals surface area contributed by atoms with E-state index in [9.17, 15) is 9.90 Å². The quantitative estimate of drug-likeness (QED) is 0.821.